The summed E-state index contributed by atoms with van der Waals surface area (Å²) in [4.78, 5) is 5.21. The fraction of sp³-hybridized carbons (Fsp3) is 0.308. The average molecular weight is 270 g/mol. The van der Waals surface area contributed by atoms with Gasteiger partial charge < -0.3 is 9.32 Å². The Morgan fingerprint density at radius 3 is 2.53 bits per heavy atom. The number of pyridine rings is 1. The molecule has 0 N–H and O–H groups in total. The highest BCUT2D eigenvalue weighted by Gasteiger charge is 2.32. The molecular formula is C13H13F3N2O. The Balaban J connectivity index is 2.17. The van der Waals surface area contributed by atoms with Crippen molar-refractivity contribution in [2.24, 2.45) is 0 Å². The Labute approximate surface area is 108 Å². The van der Waals surface area contributed by atoms with E-state index in [4.69, 9.17) is 4.42 Å². The van der Waals surface area contributed by atoms with E-state index in [0.717, 1.165) is 11.8 Å². The van der Waals surface area contributed by atoms with E-state index in [2.05, 4.69) is 4.98 Å². The van der Waals surface area contributed by atoms with Gasteiger partial charge in [0.2, 0.25) is 0 Å². The fourth-order valence-electron chi connectivity index (χ4n) is 1.68. The summed E-state index contributed by atoms with van der Waals surface area (Å²) in [5.74, 6) is 1.70. The third-order valence-electron chi connectivity index (χ3n) is 2.60. The summed E-state index contributed by atoms with van der Waals surface area (Å²) < 4.78 is 43.1. The monoisotopic (exact) mass is 270 g/mol. The first-order chi connectivity index (χ1) is 8.86. The van der Waals surface area contributed by atoms with Crippen molar-refractivity contribution >= 4 is 5.82 Å². The molecule has 0 aliphatic heterocycles. The standard InChI is InChI=1S/C13H13F3N2O/c1-9-6-7-10(19-9)8-18(2)12-5-3-4-11(17-12)13(14,15)16/h3-7H,8H2,1-2H3. The van der Waals surface area contributed by atoms with E-state index in [0.29, 0.717) is 12.3 Å². The Morgan fingerprint density at radius 2 is 1.95 bits per heavy atom. The first-order valence-corrected chi connectivity index (χ1v) is 5.67. The molecule has 0 aliphatic carbocycles. The van der Waals surface area contributed by atoms with E-state index < -0.39 is 11.9 Å². The normalized spacial score (nSPS) is 11.6. The van der Waals surface area contributed by atoms with Gasteiger partial charge in [-0.25, -0.2) is 4.98 Å². The molecule has 0 saturated heterocycles. The largest absolute Gasteiger partial charge is 0.464 e. The van der Waals surface area contributed by atoms with Gasteiger partial charge in [0.1, 0.15) is 23.0 Å². The Bertz CT molecular complexity index is 563. The van der Waals surface area contributed by atoms with Crippen LogP contribution in [0.15, 0.2) is 34.7 Å². The average Bonchev–Trinajstić information content (AvgIpc) is 2.74. The molecule has 0 spiro atoms. The van der Waals surface area contributed by atoms with Crippen LogP contribution in [-0.2, 0) is 12.7 Å². The van der Waals surface area contributed by atoms with Crippen molar-refractivity contribution in [2.45, 2.75) is 19.6 Å². The highest BCUT2D eigenvalue weighted by atomic mass is 19.4. The van der Waals surface area contributed by atoms with Gasteiger partial charge in [0.25, 0.3) is 0 Å². The number of aryl methyl sites for hydroxylation is 1. The van der Waals surface area contributed by atoms with E-state index in [-0.39, 0.29) is 5.82 Å². The van der Waals surface area contributed by atoms with Crippen LogP contribution in [0.2, 0.25) is 0 Å². The molecule has 0 fully saturated rings. The molecule has 0 radical (unpaired) electrons. The molecule has 2 aromatic rings. The maximum absolute atomic E-state index is 12.6. The molecule has 19 heavy (non-hydrogen) atoms. The van der Waals surface area contributed by atoms with Crippen molar-refractivity contribution in [3.05, 3.63) is 47.5 Å². The zero-order valence-corrected chi connectivity index (χ0v) is 10.5. The van der Waals surface area contributed by atoms with Gasteiger partial charge in [0.15, 0.2) is 0 Å². The lowest BCUT2D eigenvalue weighted by atomic mass is 10.3. The van der Waals surface area contributed by atoms with Crippen molar-refractivity contribution in [2.75, 3.05) is 11.9 Å². The summed E-state index contributed by atoms with van der Waals surface area (Å²) in [5.41, 5.74) is -0.896. The second kappa shape index (κ2) is 4.95. The van der Waals surface area contributed by atoms with Crippen LogP contribution in [0.5, 0.6) is 0 Å². The van der Waals surface area contributed by atoms with E-state index >= 15 is 0 Å². The number of hydrogen-bond acceptors (Lipinski definition) is 3. The zero-order valence-electron chi connectivity index (χ0n) is 10.5. The number of aromatic nitrogens is 1. The first kappa shape index (κ1) is 13.5. The molecule has 2 aromatic heterocycles. The van der Waals surface area contributed by atoms with E-state index in [1.54, 1.807) is 18.0 Å². The number of alkyl halides is 3. The van der Waals surface area contributed by atoms with Crippen LogP contribution in [0, 0.1) is 6.92 Å². The summed E-state index contributed by atoms with van der Waals surface area (Å²) >= 11 is 0. The van der Waals surface area contributed by atoms with Crippen LogP contribution in [0.3, 0.4) is 0 Å². The van der Waals surface area contributed by atoms with Gasteiger partial charge in [-0.05, 0) is 31.2 Å². The lowest BCUT2D eigenvalue weighted by Gasteiger charge is -2.18. The molecule has 2 rings (SSSR count). The SMILES string of the molecule is Cc1ccc(CN(C)c2cccc(C(F)(F)F)n2)o1. The molecule has 3 nitrogen and oxygen atoms in total. The van der Waals surface area contributed by atoms with Crippen molar-refractivity contribution in [3.63, 3.8) is 0 Å². The Kier molecular flexibility index (Phi) is 3.50. The highest BCUT2D eigenvalue weighted by molar-refractivity contribution is 5.39. The topological polar surface area (TPSA) is 29.3 Å². The predicted molar refractivity (Wildman–Crippen MR) is 64.8 cm³/mol. The molecule has 6 heteroatoms. The lowest BCUT2D eigenvalue weighted by molar-refractivity contribution is -0.141. The highest BCUT2D eigenvalue weighted by Crippen LogP contribution is 2.28. The van der Waals surface area contributed by atoms with Crippen LogP contribution >= 0.6 is 0 Å². The van der Waals surface area contributed by atoms with Gasteiger partial charge in [-0.2, -0.15) is 13.2 Å². The molecule has 102 valence electrons. The number of anilines is 1. The summed E-state index contributed by atoms with van der Waals surface area (Å²) in [5, 5.41) is 0. The van der Waals surface area contributed by atoms with Gasteiger partial charge >= 0.3 is 6.18 Å². The van der Waals surface area contributed by atoms with Gasteiger partial charge in [-0.1, -0.05) is 6.07 Å². The number of hydrogen-bond donors (Lipinski definition) is 0. The van der Waals surface area contributed by atoms with Crippen molar-refractivity contribution in [1.82, 2.24) is 4.98 Å². The van der Waals surface area contributed by atoms with Gasteiger partial charge in [0, 0.05) is 7.05 Å². The minimum Gasteiger partial charge on any atom is -0.464 e. The summed E-state index contributed by atoms with van der Waals surface area (Å²) in [6.07, 6.45) is -4.43. The van der Waals surface area contributed by atoms with Crippen LogP contribution < -0.4 is 4.90 Å². The molecule has 0 bridgehead atoms. The third kappa shape index (κ3) is 3.27. The Hall–Kier alpha value is -1.98. The molecule has 0 aliphatic rings. The van der Waals surface area contributed by atoms with Crippen LogP contribution in [0.1, 0.15) is 17.2 Å². The van der Waals surface area contributed by atoms with Crippen LogP contribution in [0.25, 0.3) is 0 Å². The molecule has 0 atom stereocenters. The predicted octanol–water partition coefficient (Wildman–Crippen LogP) is 3.64. The van der Waals surface area contributed by atoms with E-state index in [9.17, 15) is 13.2 Å². The minimum absolute atomic E-state index is 0.254. The second-order valence-electron chi connectivity index (χ2n) is 4.25. The maximum atomic E-state index is 12.6. The number of rotatable bonds is 3. The van der Waals surface area contributed by atoms with Gasteiger partial charge in [-0.15, -0.1) is 0 Å². The molecule has 0 aromatic carbocycles. The van der Waals surface area contributed by atoms with Gasteiger partial charge in [0.05, 0.1) is 6.54 Å². The number of halogens is 3. The number of nitrogens with zero attached hydrogens (tertiary/aromatic N) is 2. The van der Waals surface area contributed by atoms with Crippen molar-refractivity contribution < 1.29 is 17.6 Å². The number of furan rings is 1. The summed E-state index contributed by atoms with van der Waals surface area (Å²) in [6, 6.07) is 7.43. The molecule has 0 unspecified atom stereocenters. The molecule has 0 saturated carbocycles. The molecule has 2 heterocycles. The molecular weight excluding hydrogens is 257 g/mol. The zero-order chi connectivity index (χ0) is 14.0. The lowest BCUT2D eigenvalue weighted by Crippen LogP contribution is -2.19. The van der Waals surface area contributed by atoms with Gasteiger partial charge in [-0.3, -0.25) is 0 Å². The Morgan fingerprint density at radius 1 is 1.21 bits per heavy atom. The van der Waals surface area contributed by atoms with Crippen LogP contribution in [0.4, 0.5) is 19.0 Å². The van der Waals surface area contributed by atoms with E-state index in [1.807, 2.05) is 13.0 Å². The second-order valence-corrected chi connectivity index (χ2v) is 4.25. The maximum Gasteiger partial charge on any atom is 0.433 e. The first-order valence-electron chi connectivity index (χ1n) is 5.67. The smallest absolute Gasteiger partial charge is 0.433 e. The fourth-order valence-corrected chi connectivity index (χ4v) is 1.68. The van der Waals surface area contributed by atoms with E-state index in [1.165, 1.54) is 12.1 Å². The van der Waals surface area contributed by atoms with Crippen molar-refractivity contribution in [3.8, 4) is 0 Å². The summed E-state index contributed by atoms with van der Waals surface area (Å²) in [7, 11) is 1.67. The minimum atomic E-state index is -4.43. The third-order valence-corrected chi connectivity index (χ3v) is 2.60. The quantitative estimate of drug-likeness (QED) is 0.852. The van der Waals surface area contributed by atoms with Crippen molar-refractivity contribution in [1.29, 1.82) is 0 Å². The summed E-state index contributed by atoms with van der Waals surface area (Å²) in [6.45, 7) is 2.17. The molecule has 0 amide bonds. The van der Waals surface area contributed by atoms with Crippen LogP contribution in [-0.4, -0.2) is 12.0 Å².